The lowest BCUT2D eigenvalue weighted by Gasteiger charge is -2.14. The van der Waals surface area contributed by atoms with Gasteiger partial charge in [-0.05, 0) is 46.8 Å². The van der Waals surface area contributed by atoms with Gasteiger partial charge in [-0.15, -0.1) is 11.3 Å². The predicted octanol–water partition coefficient (Wildman–Crippen LogP) is 3.81. The number of aryl methyl sites for hydroxylation is 1. The number of thiophene rings is 1. The fourth-order valence-electron chi connectivity index (χ4n) is 2.08. The Kier molecular flexibility index (Phi) is 4.60. The van der Waals surface area contributed by atoms with Crippen LogP contribution in [0.25, 0.3) is 0 Å². The first-order valence-corrected chi connectivity index (χ1v) is 7.61. The van der Waals surface area contributed by atoms with E-state index in [4.69, 9.17) is 4.74 Å². The third kappa shape index (κ3) is 3.16. The molecule has 0 aliphatic rings. The molecule has 0 saturated carbocycles. The molecule has 0 aromatic carbocycles. The Morgan fingerprint density at radius 1 is 1.47 bits per heavy atom. The second kappa shape index (κ2) is 6.03. The summed E-state index contributed by atoms with van der Waals surface area (Å²) in [6.45, 7) is 3.94. The molecule has 0 aliphatic carbocycles. The average Bonchev–Trinajstić information content (AvgIpc) is 2.80. The fraction of sp³-hybridized carbons (Fsp3) is 0.357. The molecule has 0 spiro atoms. The Labute approximate surface area is 125 Å². The van der Waals surface area contributed by atoms with Crippen LogP contribution in [0.3, 0.4) is 0 Å². The van der Waals surface area contributed by atoms with Gasteiger partial charge >= 0.3 is 0 Å². The second-order valence-electron chi connectivity index (χ2n) is 4.45. The van der Waals surface area contributed by atoms with E-state index in [-0.39, 0.29) is 0 Å². The third-order valence-corrected chi connectivity index (χ3v) is 4.63. The van der Waals surface area contributed by atoms with Crippen molar-refractivity contribution >= 4 is 27.3 Å². The summed E-state index contributed by atoms with van der Waals surface area (Å²) < 4.78 is 6.40. The maximum atomic E-state index is 10.2. The number of nitrogens with zero attached hydrogens (tertiary/aromatic N) is 1. The number of aliphatic hydroxyl groups is 1. The molecule has 3 nitrogen and oxygen atoms in total. The number of ether oxygens (including phenoxy) is 1. The van der Waals surface area contributed by atoms with Crippen molar-refractivity contribution in [3.05, 3.63) is 43.8 Å². The summed E-state index contributed by atoms with van der Waals surface area (Å²) >= 11 is 4.97. The van der Waals surface area contributed by atoms with Crippen molar-refractivity contribution in [3.8, 4) is 5.75 Å². The number of aromatic nitrogens is 1. The van der Waals surface area contributed by atoms with Crippen molar-refractivity contribution in [3.63, 3.8) is 0 Å². The largest absolute Gasteiger partial charge is 0.496 e. The number of aliphatic hydroxyl groups excluding tert-OH is 1. The highest BCUT2D eigenvalue weighted by molar-refractivity contribution is 9.11. The highest BCUT2D eigenvalue weighted by Crippen LogP contribution is 2.30. The van der Waals surface area contributed by atoms with Gasteiger partial charge in [-0.1, -0.05) is 0 Å². The Balaban J connectivity index is 2.24. The minimum absolute atomic E-state index is 0.492. The van der Waals surface area contributed by atoms with Gasteiger partial charge in [-0.25, -0.2) is 0 Å². The number of rotatable bonds is 4. The average molecular weight is 342 g/mol. The summed E-state index contributed by atoms with van der Waals surface area (Å²) in [7, 11) is 1.66. The molecule has 0 fully saturated rings. The van der Waals surface area contributed by atoms with E-state index in [0.29, 0.717) is 6.42 Å². The summed E-state index contributed by atoms with van der Waals surface area (Å²) in [5.41, 5.74) is 3.79. The molecule has 1 atom stereocenters. The Bertz CT molecular complexity index is 583. The molecule has 1 N–H and O–H groups in total. The summed E-state index contributed by atoms with van der Waals surface area (Å²) in [5, 5.41) is 12.2. The highest BCUT2D eigenvalue weighted by atomic mass is 79.9. The second-order valence-corrected chi connectivity index (χ2v) is 6.74. The number of methoxy groups -OCH3 is 1. The first kappa shape index (κ1) is 14.5. The van der Waals surface area contributed by atoms with Gasteiger partial charge in [-0.2, -0.15) is 0 Å². The van der Waals surface area contributed by atoms with Gasteiger partial charge in [0, 0.05) is 29.4 Å². The first-order valence-electron chi connectivity index (χ1n) is 5.94. The molecule has 2 heterocycles. The van der Waals surface area contributed by atoms with Gasteiger partial charge in [0.05, 0.1) is 17.0 Å². The Morgan fingerprint density at radius 3 is 2.79 bits per heavy atom. The number of pyridine rings is 1. The summed E-state index contributed by atoms with van der Waals surface area (Å²) in [4.78, 5) is 4.41. The fourth-order valence-corrected chi connectivity index (χ4v) is 3.30. The number of halogens is 1. The van der Waals surface area contributed by atoms with Crippen LogP contribution >= 0.6 is 27.3 Å². The summed E-state index contributed by atoms with van der Waals surface area (Å²) in [6.07, 6.45) is 1.74. The third-order valence-electron chi connectivity index (χ3n) is 3.11. The maximum Gasteiger partial charge on any atom is 0.128 e. The molecule has 1 unspecified atom stereocenters. The molecule has 102 valence electrons. The molecule has 0 aliphatic heterocycles. The van der Waals surface area contributed by atoms with Crippen molar-refractivity contribution in [2.75, 3.05) is 7.11 Å². The van der Waals surface area contributed by atoms with E-state index in [1.807, 2.05) is 25.3 Å². The van der Waals surface area contributed by atoms with E-state index < -0.39 is 6.10 Å². The Morgan fingerprint density at radius 2 is 2.21 bits per heavy atom. The summed E-state index contributed by atoms with van der Waals surface area (Å²) in [5.74, 6) is 0.851. The molecule has 0 bridgehead atoms. The van der Waals surface area contributed by atoms with Crippen molar-refractivity contribution in [1.82, 2.24) is 4.98 Å². The van der Waals surface area contributed by atoms with Crippen LogP contribution in [0, 0.1) is 13.8 Å². The van der Waals surface area contributed by atoms with Crippen LogP contribution in [-0.4, -0.2) is 17.2 Å². The quantitative estimate of drug-likeness (QED) is 0.919. The summed E-state index contributed by atoms with van der Waals surface area (Å²) in [6, 6.07) is 1.94. The van der Waals surface area contributed by atoms with Gasteiger partial charge in [0.25, 0.3) is 0 Å². The zero-order valence-electron chi connectivity index (χ0n) is 11.1. The molecule has 5 heteroatoms. The standard InChI is InChI=1S/C14H16BrNO2S/c1-8-6-16-11(9(2)14(8)18-3)5-12(17)10-4-13(15)19-7-10/h4,6-7,12,17H,5H2,1-3H3. The van der Waals surface area contributed by atoms with Crippen molar-refractivity contribution in [2.45, 2.75) is 26.4 Å². The maximum absolute atomic E-state index is 10.2. The van der Waals surface area contributed by atoms with Crippen LogP contribution in [0.4, 0.5) is 0 Å². The molecule has 0 saturated heterocycles. The Hall–Kier alpha value is -0.910. The number of hydrogen-bond donors (Lipinski definition) is 1. The van der Waals surface area contributed by atoms with Crippen LogP contribution in [0.2, 0.25) is 0 Å². The van der Waals surface area contributed by atoms with Crippen LogP contribution in [0.5, 0.6) is 5.75 Å². The van der Waals surface area contributed by atoms with Crippen LogP contribution < -0.4 is 4.74 Å². The predicted molar refractivity (Wildman–Crippen MR) is 80.9 cm³/mol. The SMILES string of the molecule is COc1c(C)cnc(CC(O)c2csc(Br)c2)c1C. The molecule has 19 heavy (non-hydrogen) atoms. The zero-order chi connectivity index (χ0) is 14.0. The lowest BCUT2D eigenvalue weighted by molar-refractivity contribution is 0.177. The highest BCUT2D eigenvalue weighted by Gasteiger charge is 2.15. The van der Waals surface area contributed by atoms with Gasteiger partial charge in [0.1, 0.15) is 5.75 Å². The molecule has 0 amide bonds. The van der Waals surface area contributed by atoms with Crippen molar-refractivity contribution in [2.24, 2.45) is 0 Å². The van der Waals surface area contributed by atoms with E-state index in [9.17, 15) is 5.11 Å². The van der Waals surface area contributed by atoms with E-state index >= 15 is 0 Å². The first-order chi connectivity index (χ1) is 9.02. The molecule has 2 aromatic rings. The normalized spacial score (nSPS) is 12.5. The smallest absolute Gasteiger partial charge is 0.128 e. The van der Waals surface area contributed by atoms with E-state index in [1.54, 1.807) is 24.6 Å². The lowest BCUT2D eigenvalue weighted by atomic mass is 10.0. The van der Waals surface area contributed by atoms with Gasteiger partial charge in [0.2, 0.25) is 0 Å². The minimum Gasteiger partial charge on any atom is -0.496 e. The van der Waals surface area contributed by atoms with Crippen molar-refractivity contribution in [1.29, 1.82) is 0 Å². The number of hydrogen-bond acceptors (Lipinski definition) is 4. The lowest BCUT2D eigenvalue weighted by Crippen LogP contribution is -2.06. The van der Waals surface area contributed by atoms with E-state index in [2.05, 4.69) is 20.9 Å². The molecular weight excluding hydrogens is 326 g/mol. The molecule has 0 radical (unpaired) electrons. The van der Waals surface area contributed by atoms with Crippen molar-refractivity contribution < 1.29 is 9.84 Å². The molecule has 2 rings (SSSR count). The minimum atomic E-state index is -0.541. The van der Waals surface area contributed by atoms with Crippen LogP contribution in [-0.2, 0) is 6.42 Å². The van der Waals surface area contributed by atoms with E-state index in [0.717, 1.165) is 31.9 Å². The monoisotopic (exact) mass is 341 g/mol. The van der Waals surface area contributed by atoms with Crippen LogP contribution in [0.15, 0.2) is 21.4 Å². The van der Waals surface area contributed by atoms with Gasteiger partial charge < -0.3 is 9.84 Å². The van der Waals surface area contributed by atoms with E-state index in [1.165, 1.54) is 0 Å². The van der Waals surface area contributed by atoms with Crippen LogP contribution in [0.1, 0.15) is 28.5 Å². The molecular formula is C14H16BrNO2S. The topological polar surface area (TPSA) is 42.4 Å². The molecule has 2 aromatic heterocycles. The zero-order valence-corrected chi connectivity index (χ0v) is 13.5. The van der Waals surface area contributed by atoms with Gasteiger partial charge in [0.15, 0.2) is 0 Å². The van der Waals surface area contributed by atoms with Gasteiger partial charge in [-0.3, -0.25) is 4.98 Å².